The number of hydrogen-bond donors (Lipinski definition) is 1. The molecule has 2 aliphatic rings. The molecular formula is C24H24F3N5O4. The van der Waals surface area contributed by atoms with Crippen LogP contribution < -0.4 is 4.90 Å². The zero-order valence-electron chi connectivity index (χ0n) is 19.2. The maximum atomic E-state index is 15.1. The first kappa shape index (κ1) is 24.1. The van der Waals surface area contributed by atoms with Crippen LogP contribution in [0.25, 0.3) is 11.5 Å². The topological polar surface area (TPSA) is 95.2 Å². The third-order valence-corrected chi connectivity index (χ3v) is 6.37. The van der Waals surface area contributed by atoms with Gasteiger partial charge in [0.05, 0.1) is 25.8 Å². The quantitative estimate of drug-likeness (QED) is 0.549. The Balaban J connectivity index is 1.35. The molecule has 2 amide bonds. The van der Waals surface area contributed by atoms with Crippen LogP contribution in [0, 0.1) is 5.82 Å². The van der Waals surface area contributed by atoms with Crippen LogP contribution in [0.3, 0.4) is 0 Å². The molecule has 0 bridgehead atoms. The van der Waals surface area contributed by atoms with Gasteiger partial charge in [0.25, 0.3) is 5.89 Å². The highest BCUT2D eigenvalue weighted by Gasteiger charge is 2.32. The Labute approximate surface area is 204 Å². The summed E-state index contributed by atoms with van der Waals surface area (Å²) in [7, 11) is 0. The summed E-state index contributed by atoms with van der Waals surface area (Å²) in [5, 5.41) is 16.5. The zero-order valence-corrected chi connectivity index (χ0v) is 19.2. The number of alkyl halides is 2. The maximum Gasteiger partial charge on any atom is 0.324 e. The Morgan fingerprint density at radius 2 is 1.81 bits per heavy atom. The van der Waals surface area contributed by atoms with Crippen molar-refractivity contribution in [3.05, 3.63) is 59.7 Å². The lowest BCUT2D eigenvalue weighted by molar-refractivity contribution is -0.0738. The van der Waals surface area contributed by atoms with Gasteiger partial charge in [0.15, 0.2) is 0 Å². The molecule has 0 aliphatic carbocycles. The van der Waals surface area contributed by atoms with Crippen LogP contribution in [-0.2, 0) is 11.3 Å². The molecule has 3 heterocycles. The molecule has 1 aromatic heterocycles. The Morgan fingerprint density at radius 1 is 1.08 bits per heavy atom. The third kappa shape index (κ3) is 5.00. The van der Waals surface area contributed by atoms with Crippen LogP contribution in [0.1, 0.15) is 17.9 Å². The number of urea groups is 1. The van der Waals surface area contributed by atoms with Gasteiger partial charge in [-0.3, -0.25) is 9.80 Å². The Kier molecular flexibility index (Phi) is 6.79. The van der Waals surface area contributed by atoms with Crippen molar-refractivity contribution in [2.75, 3.05) is 44.3 Å². The number of ether oxygens (including phenoxy) is 1. The minimum atomic E-state index is -2.93. The van der Waals surface area contributed by atoms with Crippen molar-refractivity contribution in [3.63, 3.8) is 0 Å². The van der Waals surface area contributed by atoms with E-state index < -0.39 is 18.1 Å². The first-order chi connectivity index (χ1) is 17.4. The number of amides is 2. The summed E-state index contributed by atoms with van der Waals surface area (Å²) < 4.78 is 50.7. The molecular weight excluding hydrogens is 479 g/mol. The lowest BCUT2D eigenvalue weighted by Crippen LogP contribution is -2.59. The molecule has 0 atom stereocenters. The summed E-state index contributed by atoms with van der Waals surface area (Å²) in [5.74, 6) is -1.68. The molecule has 1 N–H and O–H groups in total. The van der Waals surface area contributed by atoms with Crippen molar-refractivity contribution >= 4 is 11.7 Å². The minimum absolute atomic E-state index is 0.0424. The van der Waals surface area contributed by atoms with Gasteiger partial charge >= 0.3 is 12.5 Å². The average molecular weight is 503 g/mol. The molecule has 2 fully saturated rings. The van der Waals surface area contributed by atoms with E-state index in [1.165, 1.54) is 29.2 Å². The fourth-order valence-electron chi connectivity index (χ4n) is 4.20. The van der Waals surface area contributed by atoms with Crippen LogP contribution in [0.5, 0.6) is 5.75 Å². The summed E-state index contributed by atoms with van der Waals surface area (Å²) >= 11 is 0. The van der Waals surface area contributed by atoms with Crippen molar-refractivity contribution in [2.45, 2.75) is 19.0 Å². The fraction of sp³-hybridized carbons (Fsp3) is 0.375. The van der Waals surface area contributed by atoms with Gasteiger partial charge in [-0.2, -0.15) is 8.78 Å². The smallest absolute Gasteiger partial charge is 0.324 e. The van der Waals surface area contributed by atoms with E-state index in [4.69, 9.17) is 9.15 Å². The summed E-state index contributed by atoms with van der Waals surface area (Å²) in [6.07, 6.45) is -2.93. The number of carbonyl (C=O) groups excluding carboxylic acids is 1. The molecule has 12 heteroatoms. The third-order valence-electron chi connectivity index (χ3n) is 6.37. The standard InChI is InChI=1S/C24H24F3N5O4/c25-20-11-15(22-28-29-23(36-22)21(26)27)1-2-16(20)12-32(17-3-5-19(33)6-4-17)24(34)31-9-7-30(8-10-31)18-13-35-14-18/h1-6,11,18,21,33H,7-10,12-14H2. The van der Waals surface area contributed by atoms with Gasteiger partial charge in [0.2, 0.25) is 5.89 Å². The second-order valence-electron chi connectivity index (χ2n) is 8.65. The van der Waals surface area contributed by atoms with Crippen molar-refractivity contribution in [3.8, 4) is 17.2 Å². The summed E-state index contributed by atoms with van der Waals surface area (Å²) in [4.78, 5) is 19.0. The molecule has 0 unspecified atom stereocenters. The van der Waals surface area contributed by atoms with E-state index in [-0.39, 0.29) is 35.3 Å². The van der Waals surface area contributed by atoms with Gasteiger partial charge in [0.1, 0.15) is 11.6 Å². The van der Waals surface area contributed by atoms with Crippen molar-refractivity contribution in [1.29, 1.82) is 0 Å². The second kappa shape index (κ2) is 10.2. The molecule has 2 saturated heterocycles. The van der Waals surface area contributed by atoms with Crippen LogP contribution in [0.15, 0.2) is 46.9 Å². The Hall–Kier alpha value is -3.64. The first-order valence-corrected chi connectivity index (χ1v) is 11.5. The Morgan fingerprint density at radius 3 is 2.39 bits per heavy atom. The number of aromatic hydroxyl groups is 1. The van der Waals surface area contributed by atoms with E-state index in [2.05, 4.69) is 15.1 Å². The van der Waals surface area contributed by atoms with Gasteiger partial charge in [-0.25, -0.2) is 9.18 Å². The number of nitrogens with zero attached hydrogens (tertiary/aromatic N) is 5. The summed E-state index contributed by atoms with van der Waals surface area (Å²) in [6, 6.07) is 10.2. The highest BCUT2D eigenvalue weighted by atomic mass is 19.3. The lowest BCUT2D eigenvalue weighted by Gasteiger charge is -2.43. The van der Waals surface area contributed by atoms with Gasteiger partial charge in [-0.05, 0) is 36.4 Å². The predicted octanol–water partition coefficient (Wildman–Crippen LogP) is 3.66. The van der Waals surface area contributed by atoms with Crippen LogP contribution in [0.2, 0.25) is 0 Å². The van der Waals surface area contributed by atoms with Gasteiger partial charge in [-0.1, -0.05) is 6.07 Å². The number of benzene rings is 2. The number of halogens is 3. The van der Waals surface area contributed by atoms with E-state index in [1.54, 1.807) is 17.0 Å². The number of piperazine rings is 1. The van der Waals surface area contributed by atoms with E-state index >= 15 is 4.39 Å². The minimum Gasteiger partial charge on any atom is -0.508 e. The number of carbonyl (C=O) groups is 1. The number of phenols is 1. The number of phenolic OH excluding ortho intramolecular Hbond substituents is 1. The van der Waals surface area contributed by atoms with Crippen molar-refractivity contribution in [1.82, 2.24) is 20.0 Å². The van der Waals surface area contributed by atoms with Gasteiger partial charge < -0.3 is 19.2 Å². The molecule has 2 aliphatic heterocycles. The number of hydrogen-bond acceptors (Lipinski definition) is 7. The molecule has 0 radical (unpaired) electrons. The SMILES string of the molecule is O=C(N1CCN(C2COC2)CC1)N(Cc1ccc(-c2nnc(C(F)F)o2)cc1F)c1ccc(O)cc1. The largest absolute Gasteiger partial charge is 0.508 e. The Bertz CT molecular complexity index is 1210. The highest BCUT2D eigenvalue weighted by Crippen LogP contribution is 2.27. The molecule has 0 spiro atoms. The average Bonchev–Trinajstić information content (AvgIpc) is 3.34. The van der Waals surface area contributed by atoms with E-state index in [1.807, 2.05) is 0 Å². The fourth-order valence-corrected chi connectivity index (χ4v) is 4.20. The lowest BCUT2D eigenvalue weighted by atomic mass is 10.1. The molecule has 190 valence electrons. The van der Waals surface area contributed by atoms with Gasteiger partial charge in [-0.15, -0.1) is 10.2 Å². The van der Waals surface area contributed by atoms with E-state index in [0.717, 1.165) is 19.2 Å². The highest BCUT2D eigenvalue weighted by molar-refractivity contribution is 5.92. The van der Waals surface area contributed by atoms with Crippen LogP contribution >= 0.6 is 0 Å². The van der Waals surface area contributed by atoms with Crippen molar-refractivity contribution < 1.29 is 32.2 Å². The van der Waals surface area contributed by atoms with Crippen molar-refractivity contribution in [2.24, 2.45) is 0 Å². The van der Waals surface area contributed by atoms with Gasteiger partial charge in [0, 0.05) is 43.0 Å². The zero-order chi connectivity index (χ0) is 25.2. The first-order valence-electron chi connectivity index (χ1n) is 11.5. The second-order valence-corrected chi connectivity index (χ2v) is 8.65. The number of aromatic nitrogens is 2. The molecule has 2 aromatic carbocycles. The number of rotatable bonds is 6. The van der Waals surface area contributed by atoms with Crippen LogP contribution in [0.4, 0.5) is 23.7 Å². The predicted molar refractivity (Wildman–Crippen MR) is 122 cm³/mol. The molecule has 3 aromatic rings. The maximum absolute atomic E-state index is 15.1. The molecule has 5 rings (SSSR count). The van der Waals surface area contributed by atoms with E-state index in [0.29, 0.717) is 38.0 Å². The van der Waals surface area contributed by atoms with E-state index in [9.17, 15) is 18.7 Å². The monoisotopic (exact) mass is 503 g/mol. The molecule has 36 heavy (non-hydrogen) atoms. The normalized spacial score (nSPS) is 16.8. The molecule has 9 nitrogen and oxygen atoms in total. The molecule has 0 saturated carbocycles. The summed E-state index contributed by atoms with van der Waals surface area (Å²) in [6.45, 7) is 3.81. The summed E-state index contributed by atoms with van der Waals surface area (Å²) in [5.41, 5.74) is 0.850. The number of anilines is 1. The van der Waals surface area contributed by atoms with Crippen LogP contribution in [-0.4, -0.2) is 76.6 Å².